The average molecular weight is 297 g/mol. The van der Waals surface area contributed by atoms with Crippen LogP contribution in [0, 0.1) is 0 Å². The van der Waals surface area contributed by atoms with E-state index >= 15 is 0 Å². The van der Waals surface area contributed by atoms with Gasteiger partial charge in [-0.15, -0.1) is 0 Å². The molecule has 0 radical (unpaired) electrons. The van der Waals surface area contributed by atoms with Crippen molar-refractivity contribution in [2.75, 3.05) is 0 Å². The molecule has 2 aromatic carbocycles. The quantitative estimate of drug-likeness (QED) is 0.745. The molecular formula is C17H20Ge. The normalized spacial score (nSPS) is 18.4. The molecule has 1 aliphatic rings. The van der Waals surface area contributed by atoms with Gasteiger partial charge in [0.15, 0.2) is 0 Å². The molecule has 0 saturated carbocycles. The summed E-state index contributed by atoms with van der Waals surface area (Å²) >= 11 is -2.03. The third kappa shape index (κ3) is 2.14. The number of hydrogen-bond acceptors (Lipinski definition) is 0. The Bertz CT molecular complexity index is 442. The van der Waals surface area contributed by atoms with Gasteiger partial charge in [0.25, 0.3) is 0 Å². The van der Waals surface area contributed by atoms with Crippen LogP contribution in [0.25, 0.3) is 0 Å². The zero-order valence-electron chi connectivity index (χ0n) is 10.8. The summed E-state index contributed by atoms with van der Waals surface area (Å²) in [6.07, 6.45) is 4.31. The Labute approximate surface area is 112 Å². The molecule has 0 aromatic heterocycles. The Balaban J connectivity index is 2.10. The molecular weight excluding hydrogens is 277 g/mol. The van der Waals surface area contributed by atoms with Crippen molar-refractivity contribution in [3.63, 3.8) is 0 Å². The van der Waals surface area contributed by atoms with E-state index in [2.05, 4.69) is 60.7 Å². The van der Waals surface area contributed by atoms with Gasteiger partial charge >= 0.3 is 112 Å². The van der Waals surface area contributed by atoms with Crippen LogP contribution in [-0.2, 0) is 0 Å². The SMILES string of the molecule is c1cc[c]([Ge]2([c]3ccccc3)[CH2]CCC[CH2]2)cc1. The van der Waals surface area contributed by atoms with E-state index in [0.717, 1.165) is 0 Å². The maximum absolute atomic E-state index is 2.39. The van der Waals surface area contributed by atoms with Gasteiger partial charge in [-0.05, 0) is 0 Å². The summed E-state index contributed by atoms with van der Waals surface area (Å²) in [7, 11) is 0. The third-order valence-corrected chi connectivity index (χ3v) is 15.5. The van der Waals surface area contributed by atoms with Crippen LogP contribution in [0.4, 0.5) is 0 Å². The summed E-state index contributed by atoms with van der Waals surface area (Å²) in [4.78, 5) is 0. The van der Waals surface area contributed by atoms with Gasteiger partial charge in [-0.1, -0.05) is 0 Å². The first kappa shape index (κ1) is 12.0. The first-order valence-corrected chi connectivity index (χ1v) is 12.1. The van der Waals surface area contributed by atoms with Gasteiger partial charge in [-0.2, -0.15) is 0 Å². The van der Waals surface area contributed by atoms with E-state index in [1.54, 1.807) is 8.79 Å². The monoisotopic (exact) mass is 298 g/mol. The van der Waals surface area contributed by atoms with E-state index in [1.807, 2.05) is 0 Å². The topological polar surface area (TPSA) is 0 Å². The minimum atomic E-state index is -2.03. The van der Waals surface area contributed by atoms with Crippen LogP contribution in [0.1, 0.15) is 19.3 Å². The van der Waals surface area contributed by atoms with Gasteiger partial charge < -0.3 is 0 Å². The summed E-state index contributed by atoms with van der Waals surface area (Å²) in [6, 6.07) is 22.7. The summed E-state index contributed by atoms with van der Waals surface area (Å²) in [5.41, 5.74) is 0. The van der Waals surface area contributed by atoms with Crippen LogP contribution in [0.3, 0.4) is 0 Å². The summed E-state index contributed by atoms with van der Waals surface area (Å²) in [5.74, 6) is 0. The fraction of sp³-hybridized carbons (Fsp3) is 0.294. The molecule has 92 valence electrons. The number of hydrogen-bond donors (Lipinski definition) is 0. The Hall–Kier alpha value is -1.02. The van der Waals surface area contributed by atoms with E-state index in [9.17, 15) is 0 Å². The Kier molecular flexibility index (Phi) is 3.55. The van der Waals surface area contributed by atoms with Crippen molar-refractivity contribution in [1.82, 2.24) is 0 Å². The first-order valence-electron chi connectivity index (χ1n) is 7.03. The zero-order chi connectivity index (χ0) is 12.3. The van der Waals surface area contributed by atoms with Gasteiger partial charge in [0.1, 0.15) is 0 Å². The molecule has 1 aliphatic heterocycles. The average Bonchev–Trinajstić information content (AvgIpc) is 2.50. The molecule has 3 rings (SSSR count). The molecule has 0 bridgehead atoms. The molecule has 0 unspecified atom stereocenters. The van der Waals surface area contributed by atoms with E-state index in [1.165, 1.54) is 29.8 Å². The summed E-state index contributed by atoms with van der Waals surface area (Å²) in [6.45, 7) is 0. The second-order valence-corrected chi connectivity index (χ2v) is 14.4. The molecule has 1 heteroatoms. The molecule has 0 atom stereocenters. The fourth-order valence-electron chi connectivity index (χ4n) is 3.41. The number of benzene rings is 2. The molecule has 1 saturated heterocycles. The molecule has 0 N–H and O–H groups in total. The van der Waals surface area contributed by atoms with Gasteiger partial charge in [-0.3, -0.25) is 0 Å². The van der Waals surface area contributed by atoms with E-state index in [-0.39, 0.29) is 0 Å². The van der Waals surface area contributed by atoms with Crippen LogP contribution >= 0.6 is 0 Å². The third-order valence-electron chi connectivity index (χ3n) is 4.36. The molecule has 1 fully saturated rings. The summed E-state index contributed by atoms with van der Waals surface area (Å²) < 4.78 is 3.37. The Morgan fingerprint density at radius 3 is 1.44 bits per heavy atom. The van der Waals surface area contributed by atoms with Crippen LogP contribution in [0.15, 0.2) is 60.7 Å². The predicted octanol–water partition coefficient (Wildman–Crippen LogP) is 3.43. The van der Waals surface area contributed by atoms with Crippen molar-refractivity contribution in [3.8, 4) is 0 Å². The van der Waals surface area contributed by atoms with Gasteiger partial charge in [0.2, 0.25) is 0 Å². The minimum absolute atomic E-state index is 1.43. The van der Waals surface area contributed by atoms with Crippen LogP contribution in [0.5, 0.6) is 0 Å². The van der Waals surface area contributed by atoms with Gasteiger partial charge in [0.05, 0.1) is 0 Å². The van der Waals surface area contributed by atoms with Crippen LogP contribution < -0.4 is 8.79 Å². The van der Waals surface area contributed by atoms with Crippen molar-refractivity contribution < 1.29 is 0 Å². The number of rotatable bonds is 2. The molecule has 0 aliphatic carbocycles. The zero-order valence-corrected chi connectivity index (χ0v) is 12.9. The molecule has 0 amide bonds. The van der Waals surface area contributed by atoms with Crippen LogP contribution in [0.2, 0.25) is 10.5 Å². The van der Waals surface area contributed by atoms with Crippen molar-refractivity contribution >= 4 is 22.1 Å². The van der Waals surface area contributed by atoms with Gasteiger partial charge in [-0.25, -0.2) is 0 Å². The van der Waals surface area contributed by atoms with E-state index in [4.69, 9.17) is 0 Å². The van der Waals surface area contributed by atoms with Crippen molar-refractivity contribution in [2.24, 2.45) is 0 Å². The Morgan fingerprint density at radius 1 is 0.556 bits per heavy atom. The molecule has 0 spiro atoms. The van der Waals surface area contributed by atoms with E-state index < -0.39 is 13.3 Å². The van der Waals surface area contributed by atoms with Crippen molar-refractivity contribution in [3.05, 3.63) is 60.7 Å². The predicted molar refractivity (Wildman–Crippen MR) is 81.4 cm³/mol. The van der Waals surface area contributed by atoms with Gasteiger partial charge in [0, 0.05) is 0 Å². The van der Waals surface area contributed by atoms with Crippen molar-refractivity contribution in [1.29, 1.82) is 0 Å². The molecule has 1 heterocycles. The Morgan fingerprint density at radius 2 is 1.00 bits per heavy atom. The maximum atomic E-state index is 2.39. The molecule has 2 aromatic rings. The first-order chi connectivity index (χ1) is 8.92. The standard InChI is InChI=1S/C17H20Ge/c1-4-10-16(11-5-1)18(14-8-3-9-15-18)17-12-6-2-7-13-17/h1-2,4-7,10-13H,3,8-9,14-15H2. The van der Waals surface area contributed by atoms with Crippen molar-refractivity contribution in [2.45, 2.75) is 29.8 Å². The summed E-state index contributed by atoms with van der Waals surface area (Å²) in [5, 5.41) is 2.96. The molecule has 0 nitrogen and oxygen atoms in total. The van der Waals surface area contributed by atoms with Crippen LogP contribution in [-0.4, -0.2) is 13.3 Å². The fourth-order valence-corrected chi connectivity index (χ4v) is 14.1. The van der Waals surface area contributed by atoms with E-state index in [0.29, 0.717) is 0 Å². The second kappa shape index (κ2) is 5.31. The second-order valence-electron chi connectivity index (χ2n) is 5.37. The molecule has 18 heavy (non-hydrogen) atoms.